The van der Waals surface area contributed by atoms with Gasteiger partial charge in [0.1, 0.15) is 5.82 Å². The van der Waals surface area contributed by atoms with E-state index in [4.69, 9.17) is 4.74 Å². The van der Waals surface area contributed by atoms with Crippen LogP contribution in [0.3, 0.4) is 0 Å². The second-order valence-corrected chi connectivity index (χ2v) is 6.17. The molecule has 2 aromatic heterocycles. The number of esters is 1. The van der Waals surface area contributed by atoms with Crippen molar-refractivity contribution in [1.82, 2.24) is 14.8 Å². The normalized spacial score (nSPS) is 11.5. The van der Waals surface area contributed by atoms with E-state index in [-0.39, 0.29) is 12.0 Å². The lowest BCUT2D eigenvalue weighted by atomic mass is 10.1. The van der Waals surface area contributed by atoms with Crippen molar-refractivity contribution >= 4 is 17.5 Å². The fraction of sp³-hybridized carbons (Fsp3) is 0.200. The first kappa shape index (κ1) is 19.2. The van der Waals surface area contributed by atoms with E-state index in [1.54, 1.807) is 13.0 Å². The second-order valence-electron chi connectivity index (χ2n) is 6.17. The maximum absolute atomic E-state index is 13.2. The van der Waals surface area contributed by atoms with Gasteiger partial charge in [0.2, 0.25) is 0 Å². The summed E-state index contributed by atoms with van der Waals surface area (Å²) in [7, 11) is 1.27. The number of aromatic amines is 1. The van der Waals surface area contributed by atoms with E-state index in [0.717, 1.165) is 5.69 Å². The third kappa shape index (κ3) is 4.06. The molecule has 0 bridgehead atoms. The quantitative estimate of drug-likeness (QED) is 0.543. The first-order chi connectivity index (χ1) is 13.4. The molecule has 2 heterocycles. The minimum Gasteiger partial charge on any atom is -0.469 e. The van der Waals surface area contributed by atoms with E-state index in [9.17, 15) is 14.0 Å². The van der Waals surface area contributed by atoms with Gasteiger partial charge in [-0.2, -0.15) is 0 Å². The van der Waals surface area contributed by atoms with Crippen molar-refractivity contribution in [3.05, 3.63) is 75.6 Å². The van der Waals surface area contributed by atoms with Crippen LogP contribution in [0.15, 0.2) is 52.3 Å². The standard InChI is InChI=1S/C20H19FN4O3/c1-12-5-4-6-17(22-12)23-13(2)19-16(11-18(26)28-3)24-25(20(19)27)15-9-7-14(21)8-10-15/h4-10,24H,11H2,1-3H3. The van der Waals surface area contributed by atoms with Gasteiger partial charge in [-0.05, 0) is 50.2 Å². The molecule has 0 aliphatic heterocycles. The van der Waals surface area contributed by atoms with Gasteiger partial charge in [-0.1, -0.05) is 6.07 Å². The van der Waals surface area contributed by atoms with Crippen LogP contribution in [0, 0.1) is 12.7 Å². The number of aliphatic imine (C=N–C) groups is 1. The smallest absolute Gasteiger partial charge is 0.311 e. The number of aromatic nitrogens is 3. The zero-order valence-electron chi connectivity index (χ0n) is 15.7. The summed E-state index contributed by atoms with van der Waals surface area (Å²) >= 11 is 0. The van der Waals surface area contributed by atoms with Crippen molar-refractivity contribution < 1.29 is 13.9 Å². The number of carbonyl (C=O) groups excluding carboxylic acids is 1. The molecule has 0 amide bonds. The van der Waals surface area contributed by atoms with Crippen LogP contribution in [0.2, 0.25) is 0 Å². The molecule has 0 spiro atoms. The number of hydrogen-bond donors (Lipinski definition) is 1. The zero-order chi connectivity index (χ0) is 20.3. The van der Waals surface area contributed by atoms with E-state index in [1.807, 2.05) is 19.1 Å². The Balaban J connectivity index is 2.13. The van der Waals surface area contributed by atoms with E-state index >= 15 is 0 Å². The van der Waals surface area contributed by atoms with Crippen molar-refractivity contribution in [2.45, 2.75) is 20.3 Å². The highest BCUT2D eigenvalue weighted by molar-refractivity contribution is 6.01. The summed E-state index contributed by atoms with van der Waals surface area (Å²) in [5.74, 6) is -0.465. The lowest BCUT2D eigenvalue weighted by Crippen LogP contribution is -2.20. The summed E-state index contributed by atoms with van der Waals surface area (Å²) < 4.78 is 19.2. The number of benzene rings is 1. The average Bonchev–Trinajstić information content (AvgIpc) is 2.98. The fourth-order valence-electron chi connectivity index (χ4n) is 2.79. The van der Waals surface area contributed by atoms with Gasteiger partial charge in [0.05, 0.1) is 36.2 Å². The number of nitrogens with zero attached hydrogens (tertiary/aromatic N) is 3. The molecule has 3 aromatic rings. The van der Waals surface area contributed by atoms with Crippen molar-refractivity contribution in [2.24, 2.45) is 4.99 Å². The summed E-state index contributed by atoms with van der Waals surface area (Å²) in [5.41, 5.74) is 1.83. The van der Waals surface area contributed by atoms with Crippen LogP contribution in [0.4, 0.5) is 10.2 Å². The second kappa shape index (κ2) is 7.99. The molecule has 0 fully saturated rings. The molecule has 0 radical (unpaired) electrons. The van der Waals surface area contributed by atoms with Gasteiger partial charge in [0, 0.05) is 5.69 Å². The monoisotopic (exact) mass is 382 g/mol. The van der Waals surface area contributed by atoms with Crippen molar-refractivity contribution in [1.29, 1.82) is 0 Å². The topological polar surface area (TPSA) is 89.3 Å². The molecule has 0 atom stereocenters. The number of methoxy groups -OCH3 is 1. The van der Waals surface area contributed by atoms with E-state index in [1.165, 1.54) is 36.1 Å². The van der Waals surface area contributed by atoms with Crippen LogP contribution in [0.25, 0.3) is 5.69 Å². The Morgan fingerprint density at radius 3 is 2.61 bits per heavy atom. The lowest BCUT2D eigenvalue weighted by Gasteiger charge is -2.02. The Morgan fingerprint density at radius 1 is 1.25 bits per heavy atom. The number of pyridine rings is 1. The summed E-state index contributed by atoms with van der Waals surface area (Å²) in [6.07, 6.45) is -0.136. The van der Waals surface area contributed by atoms with Gasteiger partial charge in [-0.25, -0.2) is 19.0 Å². The molecule has 0 aliphatic carbocycles. The number of aryl methyl sites for hydroxylation is 1. The molecule has 0 saturated heterocycles. The number of hydrogen-bond acceptors (Lipinski definition) is 5. The van der Waals surface area contributed by atoms with E-state index < -0.39 is 17.3 Å². The number of rotatable bonds is 5. The largest absolute Gasteiger partial charge is 0.469 e. The Kier molecular flexibility index (Phi) is 5.49. The van der Waals surface area contributed by atoms with Crippen LogP contribution < -0.4 is 5.56 Å². The minimum atomic E-state index is -0.504. The fourth-order valence-corrected chi connectivity index (χ4v) is 2.79. The van der Waals surface area contributed by atoms with Crippen molar-refractivity contribution in [3.8, 4) is 5.69 Å². The molecule has 8 heteroatoms. The minimum absolute atomic E-state index is 0.136. The summed E-state index contributed by atoms with van der Waals surface area (Å²) in [6, 6.07) is 10.8. The number of ether oxygens (including phenoxy) is 1. The molecule has 0 saturated carbocycles. The Bertz CT molecular complexity index is 1100. The summed E-state index contributed by atoms with van der Waals surface area (Å²) in [6.45, 7) is 3.51. The van der Waals surface area contributed by atoms with Crippen molar-refractivity contribution in [2.75, 3.05) is 7.11 Å². The number of nitrogens with one attached hydrogen (secondary N) is 1. The Hall–Kier alpha value is -3.55. The molecular formula is C20H19FN4O3. The maximum Gasteiger partial charge on any atom is 0.311 e. The molecule has 7 nitrogen and oxygen atoms in total. The molecule has 144 valence electrons. The van der Waals surface area contributed by atoms with Gasteiger partial charge in [-0.15, -0.1) is 0 Å². The van der Waals surface area contributed by atoms with Crippen molar-refractivity contribution in [3.63, 3.8) is 0 Å². The highest BCUT2D eigenvalue weighted by Crippen LogP contribution is 2.15. The maximum atomic E-state index is 13.2. The molecule has 3 rings (SSSR count). The average molecular weight is 382 g/mol. The van der Waals surface area contributed by atoms with Gasteiger partial charge in [0.15, 0.2) is 5.82 Å². The number of carbonyl (C=O) groups is 1. The Morgan fingerprint density at radius 2 is 1.96 bits per heavy atom. The molecule has 28 heavy (non-hydrogen) atoms. The first-order valence-electron chi connectivity index (χ1n) is 8.55. The van der Waals surface area contributed by atoms with Crippen LogP contribution in [0.5, 0.6) is 0 Å². The van der Waals surface area contributed by atoms with Crippen LogP contribution in [0.1, 0.15) is 23.9 Å². The summed E-state index contributed by atoms with van der Waals surface area (Å²) in [4.78, 5) is 33.6. The van der Waals surface area contributed by atoms with E-state index in [0.29, 0.717) is 22.9 Å². The van der Waals surface area contributed by atoms with Crippen LogP contribution >= 0.6 is 0 Å². The first-order valence-corrected chi connectivity index (χ1v) is 8.55. The third-order valence-corrected chi connectivity index (χ3v) is 4.12. The van der Waals surface area contributed by atoms with Gasteiger partial charge >= 0.3 is 5.97 Å². The molecular weight excluding hydrogens is 363 g/mol. The zero-order valence-corrected chi connectivity index (χ0v) is 15.7. The SMILES string of the molecule is COC(=O)Cc1[nH]n(-c2ccc(F)cc2)c(=O)c1C(C)=Nc1cccc(C)n1. The third-order valence-electron chi connectivity index (χ3n) is 4.12. The van der Waals surface area contributed by atoms with Gasteiger partial charge in [0.25, 0.3) is 5.56 Å². The molecule has 1 N–H and O–H groups in total. The predicted molar refractivity (Wildman–Crippen MR) is 103 cm³/mol. The molecule has 1 aromatic carbocycles. The van der Waals surface area contributed by atoms with E-state index in [2.05, 4.69) is 15.1 Å². The number of halogens is 1. The van der Waals surface area contributed by atoms with Crippen LogP contribution in [-0.2, 0) is 16.0 Å². The molecule has 0 aliphatic rings. The van der Waals surface area contributed by atoms with Crippen LogP contribution in [-0.4, -0.2) is 33.6 Å². The highest BCUT2D eigenvalue weighted by atomic mass is 19.1. The molecule has 0 unspecified atom stereocenters. The highest BCUT2D eigenvalue weighted by Gasteiger charge is 2.20. The predicted octanol–water partition coefficient (Wildman–Crippen LogP) is 2.86. The number of H-pyrrole nitrogens is 1. The Labute approximate surface area is 160 Å². The summed E-state index contributed by atoms with van der Waals surface area (Å²) in [5, 5.41) is 2.91. The lowest BCUT2D eigenvalue weighted by molar-refractivity contribution is -0.139. The van der Waals surface area contributed by atoms with Gasteiger partial charge < -0.3 is 4.74 Å². The van der Waals surface area contributed by atoms with Gasteiger partial charge in [-0.3, -0.25) is 14.7 Å².